The molecule has 180 valence electrons. The molecule has 2 heterocycles. The van der Waals surface area contributed by atoms with Crippen LogP contribution in [-0.2, 0) is 15.8 Å². The molecule has 0 bridgehead atoms. The van der Waals surface area contributed by atoms with Crippen LogP contribution in [-0.4, -0.2) is 33.3 Å². The summed E-state index contributed by atoms with van der Waals surface area (Å²) in [6.45, 7) is 0. The van der Waals surface area contributed by atoms with Crippen LogP contribution in [0.4, 0.5) is 24.5 Å². The highest BCUT2D eigenvalue weighted by atomic mass is 32.2. The van der Waals surface area contributed by atoms with Crippen LogP contribution in [0.3, 0.4) is 0 Å². The number of nitrogens with zero attached hydrogens (tertiary/aromatic N) is 2. The third-order valence-corrected chi connectivity index (χ3v) is 7.58. The second kappa shape index (κ2) is 11.1. The van der Waals surface area contributed by atoms with Crippen LogP contribution < -0.4 is 10.6 Å². The van der Waals surface area contributed by atoms with Crippen molar-refractivity contribution in [3.05, 3.63) is 72.4 Å². The summed E-state index contributed by atoms with van der Waals surface area (Å²) >= 11 is 3.79. The number of carbonyl (C=O) groups is 2. The summed E-state index contributed by atoms with van der Waals surface area (Å²) in [5.41, 5.74) is 0.134. The fourth-order valence-corrected chi connectivity index (χ4v) is 5.53. The van der Waals surface area contributed by atoms with E-state index in [0.717, 1.165) is 27.6 Å². The Labute approximate surface area is 210 Å². The number of thiazole rings is 1. The number of rotatable bonds is 8. The van der Waals surface area contributed by atoms with Crippen molar-refractivity contribution in [2.75, 3.05) is 22.1 Å². The van der Waals surface area contributed by atoms with Gasteiger partial charge < -0.3 is 10.6 Å². The third kappa shape index (κ3) is 6.96. The van der Waals surface area contributed by atoms with E-state index in [4.69, 9.17) is 0 Å². The lowest BCUT2D eigenvalue weighted by atomic mass is 10.1. The zero-order chi connectivity index (χ0) is 24.8. The zero-order valence-electron chi connectivity index (χ0n) is 17.8. The number of hydrogen-bond donors (Lipinski definition) is 2. The predicted molar refractivity (Wildman–Crippen MR) is 134 cm³/mol. The highest BCUT2D eigenvalue weighted by molar-refractivity contribution is 8.01. The van der Waals surface area contributed by atoms with Gasteiger partial charge in [0.15, 0.2) is 4.34 Å². The number of anilines is 2. The van der Waals surface area contributed by atoms with Gasteiger partial charge in [-0.1, -0.05) is 41.7 Å². The van der Waals surface area contributed by atoms with Crippen LogP contribution in [0.1, 0.15) is 5.56 Å². The Kier molecular flexibility index (Phi) is 7.93. The Morgan fingerprint density at radius 1 is 0.914 bits per heavy atom. The fraction of sp³-hybridized carbons (Fsp3) is 0.130. The molecular weight excluding hydrogens is 517 g/mol. The predicted octanol–water partition coefficient (Wildman–Crippen LogP) is 6.17. The Morgan fingerprint density at radius 3 is 2.43 bits per heavy atom. The number of hydrogen-bond acceptors (Lipinski definition) is 7. The smallest absolute Gasteiger partial charge is 0.325 e. The average Bonchev–Trinajstić information content (AvgIpc) is 3.24. The standard InChI is InChI=1S/C23H17F3N4O2S3/c24-23(25,26)15-5-1-2-6-16(15)29-20(32)13-34-22-30-17-9-8-14(11-18(17)35-22)28-19(31)12-33-21-7-3-4-10-27-21/h1-11H,12-13H2,(H,28,31)(H,29,32). The molecule has 12 heteroatoms. The normalized spacial score (nSPS) is 11.4. The largest absolute Gasteiger partial charge is 0.418 e. The second-order valence-electron chi connectivity index (χ2n) is 7.05. The van der Waals surface area contributed by atoms with E-state index < -0.39 is 17.6 Å². The van der Waals surface area contributed by atoms with Gasteiger partial charge >= 0.3 is 6.18 Å². The zero-order valence-corrected chi connectivity index (χ0v) is 20.3. The topological polar surface area (TPSA) is 84.0 Å². The summed E-state index contributed by atoms with van der Waals surface area (Å²) in [5.74, 6) is -0.620. The van der Waals surface area contributed by atoms with Crippen molar-refractivity contribution in [3.63, 3.8) is 0 Å². The maximum absolute atomic E-state index is 13.1. The lowest BCUT2D eigenvalue weighted by Crippen LogP contribution is -2.18. The van der Waals surface area contributed by atoms with Crippen molar-refractivity contribution in [2.24, 2.45) is 0 Å². The number of aromatic nitrogens is 2. The minimum absolute atomic E-state index is 0.0969. The molecule has 2 N–H and O–H groups in total. The first-order chi connectivity index (χ1) is 16.8. The van der Waals surface area contributed by atoms with E-state index in [1.54, 1.807) is 30.5 Å². The highest BCUT2D eigenvalue weighted by Gasteiger charge is 2.33. The first kappa shape index (κ1) is 25.0. The van der Waals surface area contributed by atoms with E-state index in [-0.39, 0.29) is 23.1 Å². The summed E-state index contributed by atoms with van der Waals surface area (Å²) in [4.78, 5) is 33.1. The number of benzene rings is 2. The summed E-state index contributed by atoms with van der Waals surface area (Å²) in [6, 6.07) is 15.6. The molecule has 2 aromatic heterocycles. The summed E-state index contributed by atoms with van der Waals surface area (Å²) < 4.78 is 40.7. The van der Waals surface area contributed by atoms with Crippen molar-refractivity contribution >= 4 is 68.3 Å². The molecule has 0 unspecified atom stereocenters. The van der Waals surface area contributed by atoms with Crippen molar-refractivity contribution in [1.29, 1.82) is 0 Å². The number of pyridine rings is 1. The van der Waals surface area contributed by atoms with E-state index >= 15 is 0 Å². The van der Waals surface area contributed by atoms with Crippen LogP contribution in [0.5, 0.6) is 0 Å². The molecule has 0 radical (unpaired) electrons. The SMILES string of the molecule is O=C(CSc1ccccn1)Nc1ccc2nc(SCC(=O)Nc3ccccc3C(F)(F)F)sc2c1. The van der Waals surface area contributed by atoms with Gasteiger partial charge in [0.2, 0.25) is 11.8 Å². The van der Waals surface area contributed by atoms with Gasteiger partial charge in [-0.15, -0.1) is 11.3 Å². The summed E-state index contributed by atoms with van der Waals surface area (Å²) in [6.07, 6.45) is -2.90. The van der Waals surface area contributed by atoms with E-state index in [9.17, 15) is 22.8 Å². The van der Waals surface area contributed by atoms with Gasteiger partial charge in [0.25, 0.3) is 0 Å². The Balaban J connectivity index is 1.33. The molecule has 0 spiro atoms. The van der Waals surface area contributed by atoms with E-state index in [1.807, 2.05) is 12.1 Å². The van der Waals surface area contributed by atoms with E-state index in [0.29, 0.717) is 15.5 Å². The summed E-state index contributed by atoms with van der Waals surface area (Å²) in [5, 5.41) is 5.91. The molecule has 0 saturated carbocycles. The number of carbonyl (C=O) groups excluding carboxylic acids is 2. The fourth-order valence-electron chi connectivity index (χ4n) is 2.96. The molecule has 0 atom stereocenters. The van der Waals surface area contributed by atoms with Crippen LogP contribution in [0.25, 0.3) is 10.2 Å². The Hall–Kier alpha value is -3.09. The first-order valence-electron chi connectivity index (χ1n) is 10.1. The van der Waals surface area contributed by atoms with Crippen LogP contribution >= 0.6 is 34.9 Å². The molecule has 2 amide bonds. The third-order valence-electron chi connectivity index (χ3n) is 4.47. The molecule has 4 rings (SSSR count). The minimum Gasteiger partial charge on any atom is -0.325 e. The minimum atomic E-state index is -4.56. The van der Waals surface area contributed by atoms with Gasteiger partial charge in [-0.25, -0.2) is 9.97 Å². The van der Waals surface area contributed by atoms with Crippen molar-refractivity contribution in [2.45, 2.75) is 15.5 Å². The Morgan fingerprint density at radius 2 is 1.66 bits per heavy atom. The number of nitrogens with one attached hydrogen (secondary N) is 2. The van der Waals surface area contributed by atoms with Gasteiger partial charge in [0.1, 0.15) is 0 Å². The highest BCUT2D eigenvalue weighted by Crippen LogP contribution is 2.35. The number of alkyl halides is 3. The molecule has 35 heavy (non-hydrogen) atoms. The van der Waals surface area contributed by atoms with Crippen molar-refractivity contribution < 1.29 is 22.8 Å². The van der Waals surface area contributed by atoms with Crippen LogP contribution in [0.2, 0.25) is 0 Å². The van der Waals surface area contributed by atoms with Crippen molar-refractivity contribution in [1.82, 2.24) is 9.97 Å². The molecule has 0 aliphatic carbocycles. The molecule has 0 aliphatic heterocycles. The maximum Gasteiger partial charge on any atom is 0.418 e. The Bertz CT molecular complexity index is 1350. The first-order valence-corrected chi connectivity index (χ1v) is 12.9. The average molecular weight is 535 g/mol. The van der Waals surface area contributed by atoms with Gasteiger partial charge in [-0.2, -0.15) is 13.2 Å². The van der Waals surface area contributed by atoms with Gasteiger partial charge in [-0.05, 0) is 42.5 Å². The number of thioether (sulfide) groups is 2. The molecule has 4 aromatic rings. The lowest BCUT2D eigenvalue weighted by molar-refractivity contribution is -0.137. The van der Waals surface area contributed by atoms with E-state index in [1.165, 1.54) is 41.3 Å². The summed E-state index contributed by atoms with van der Waals surface area (Å²) in [7, 11) is 0. The van der Waals surface area contributed by atoms with Gasteiger partial charge in [-0.3, -0.25) is 9.59 Å². The number of amides is 2. The van der Waals surface area contributed by atoms with Gasteiger partial charge in [0, 0.05) is 11.9 Å². The molecule has 2 aromatic carbocycles. The molecule has 0 saturated heterocycles. The van der Waals surface area contributed by atoms with Gasteiger partial charge in [0.05, 0.1) is 38.0 Å². The molecule has 6 nitrogen and oxygen atoms in total. The molecule has 0 aliphatic rings. The van der Waals surface area contributed by atoms with Crippen LogP contribution in [0, 0.1) is 0 Å². The molecular formula is C23H17F3N4O2S3. The quantitative estimate of drug-likeness (QED) is 0.263. The van der Waals surface area contributed by atoms with E-state index in [2.05, 4.69) is 20.6 Å². The molecule has 0 fully saturated rings. The number of fused-ring (bicyclic) bond motifs is 1. The number of para-hydroxylation sites is 1. The second-order valence-corrected chi connectivity index (χ2v) is 10.3. The maximum atomic E-state index is 13.1. The van der Waals surface area contributed by atoms with Crippen LogP contribution in [0.15, 0.2) is 76.2 Å². The lowest BCUT2D eigenvalue weighted by Gasteiger charge is -2.13. The number of halogens is 3. The monoisotopic (exact) mass is 534 g/mol. The van der Waals surface area contributed by atoms with Crippen molar-refractivity contribution in [3.8, 4) is 0 Å².